The van der Waals surface area contributed by atoms with Crippen LogP contribution < -0.4 is 5.32 Å². The van der Waals surface area contributed by atoms with Crippen molar-refractivity contribution < 1.29 is 0 Å². The number of fused-ring (bicyclic) bond motifs is 1. The van der Waals surface area contributed by atoms with Gasteiger partial charge in [0.15, 0.2) is 0 Å². The van der Waals surface area contributed by atoms with Crippen molar-refractivity contribution in [3.8, 4) is 0 Å². The number of hydrogen-bond donors (Lipinski definition) is 1. The van der Waals surface area contributed by atoms with E-state index in [1.54, 1.807) is 0 Å². The standard InChI is InChI=1S/C6H8N2/c1-5-2-8-4-6(5)3-7-1/h1,5-6,8H,3-4H2. The third-order valence-electron chi connectivity index (χ3n) is 1.75. The molecule has 2 nitrogen and oxygen atoms in total. The summed E-state index contributed by atoms with van der Waals surface area (Å²) >= 11 is 0. The zero-order valence-corrected chi connectivity index (χ0v) is 4.59. The fourth-order valence-corrected chi connectivity index (χ4v) is 1.20. The Kier molecular flexibility index (Phi) is 0.875. The minimum atomic E-state index is 0.523. The van der Waals surface area contributed by atoms with E-state index in [1.807, 2.05) is 6.21 Å². The minimum absolute atomic E-state index is 0.523. The number of rotatable bonds is 0. The van der Waals surface area contributed by atoms with Gasteiger partial charge in [-0.1, -0.05) is 0 Å². The normalized spacial score (nSPS) is 43.0. The highest BCUT2D eigenvalue weighted by Crippen LogP contribution is 2.22. The Morgan fingerprint density at radius 1 is 1.75 bits per heavy atom. The molecule has 2 unspecified atom stereocenters. The summed E-state index contributed by atoms with van der Waals surface area (Å²) in [5, 5.41) is 3.08. The monoisotopic (exact) mass is 108 g/mol. The molecule has 8 heavy (non-hydrogen) atoms. The quantitative estimate of drug-likeness (QED) is 0.462. The highest BCUT2D eigenvalue weighted by atomic mass is 15.0. The lowest BCUT2D eigenvalue weighted by Crippen LogP contribution is -2.09. The van der Waals surface area contributed by atoms with Crippen LogP contribution in [0.1, 0.15) is 0 Å². The lowest BCUT2D eigenvalue weighted by molar-refractivity contribution is 0.581. The summed E-state index contributed by atoms with van der Waals surface area (Å²) in [4.78, 5) is 4.14. The summed E-state index contributed by atoms with van der Waals surface area (Å²) in [7, 11) is 0. The van der Waals surface area contributed by atoms with Crippen molar-refractivity contribution in [2.75, 3.05) is 13.1 Å². The third kappa shape index (κ3) is 0.494. The SMILES string of the molecule is [C]1NCC2CN=CC12. The Bertz CT molecular complexity index is 120. The molecule has 0 saturated carbocycles. The van der Waals surface area contributed by atoms with Gasteiger partial charge in [-0.05, 0) is 0 Å². The molecule has 1 N–H and O–H groups in total. The molecule has 0 aromatic carbocycles. The van der Waals surface area contributed by atoms with Crippen LogP contribution in [-0.2, 0) is 0 Å². The Balaban J connectivity index is 2.13. The zero-order chi connectivity index (χ0) is 5.40. The maximum atomic E-state index is 4.14. The number of nitrogens with one attached hydrogen (secondary N) is 1. The van der Waals surface area contributed by atoms with Crippen LogP contribution in [0.2, 0.25) is 0 Å². The van der Waals surface area contributed by atoms with Crippen LogP contribution >= 0.6 is 0 Å². The van der Waals surface area contributed by atoms with Gasteiger partial charge in [-0.25, -0.2) is 0 Å². The second-order valence-electron chi connectivity index (χ2n) is 2.33. The van der Waals surface area contributed by atoms with E-state index in [2.05, 4.69) is 16.9 Å². The van der Waals surface area contributed by atoms with Gasteiger partial charge in [0.2, 0.25) is 0 Å². The summed E-state index contributed by atoms with van der Waals surface area (Å²) in [6, 6.07) is 0. The fourth-order valence-electron chi connectivity index (χ4n) is 1.20. The summed E-state index contributed by atoms with van der Waals surface area (Å²) in [6.45, 7) is 5.20. The van der Waals surface area contributed by atoms with Gasteiger partial charge in [0, 0.05) is 31.1 Å². The van der Waals surface area contributed by atoms with Crippen molar-refractivity contribution in [1.82, 2.24) is 5.32 Å². The number of aliphatic imine (C=N–C) groups is 1. The molecule has 2 atom stereocenters. The Morgan fingerprint density at radius 3 is 3.62 bits per heavy atom. The maximum absolute atomic E-state index is 4.14. The van der Waals surface area contributed by atoms with Gasteiger partial charge in [-0.3, -0.25) is 4.99 Å². The summed E-state index contributed by atoms with van der Waals surface area (Å²) in [6.07, 6.45) is 1.99. The molecule has 0 aromatic rings. The highest BCUT2D eigenvalue weighted by molar-refractivity contribution is 5.66. The minimum Gasteiger partial charge on any atom is -0.307 e. The molecule has 1 saturated heterocycles. The van der Waals surface area contributed by atoms with Crippen molar-refractivity contribution in [1.29, 1.82) is 0 Å². The van der Waals surface area contributed by atoms with E-state index in [1.165, 1.54) is 0 Å². The molecular weight excluding hydrogens is 100 g/mol. The second kappa shape index (κ2) is 1.55. The van der Waals surface area contributed by atoms with Gasteiger partial charge >= 0.3 is 0 Å². The summed E-state index contributed by atoms with van der Waals surface area (Å²) in [5.74, 6) is 1.25. The Hall–Kier alpha value is -0.370. The smallest absolute Gasteiger partial charge is 0.0682 e. The fraction of sp³-hybridized carbons (Fsp3) is 0.667. The van der Waals surface area contributed by atoms with Crippen LogP contribution in [0.5, 0.6) is 0 Å². The summed E-state index contributed by atoms with van der Waals surface area (Å²) in [5.41, 5.74) is 0. The van der Waals surface area contributed by atoms with Gasteiger partial charge in [0.25, 0.3) is 0 Å². The largest absolute Gasteiger partial charge is 0.307 e. The molecule has 2 aliphatic heterocycles. The molecular formula is C6H8N2. The van der Waals surface area contributed by atoms with Gasteiger partial charge in [0.1, 0.15) is 0 Å². The molecule has 2 heterocycles. The van der Waals surface area contributed by atoms with Crippen molar-refractivity contribution >= 4 is 6.21 Å². The van der Waals surface area contributed by atoms with E-state index < -0.39 is 0 Å². The number of hydrogen-bond acceptors (Lipinski definition) is 2. The second-order valence-corrected chi connectivity index (χ2v) is 2.33. The topological polar surface area (TPSA) is 24.4 Å². The molecule has 0 aromatic heterocycles. The molecule has 0 amide bonds. The molecule has 0 aliphatic carbocycles. The van der Waals surface area contributed by atoms with Gasteiger partial charge in [-0.2, -0.15) is 0 Å². The van der Waals surface area contributed by atoms with Gasteiger partial charge < -0.3 is 5.32 Å². The molecule has 2 heteroatoms. The molecule has 2 radical (unpaired) electrons. The number of nitrogens with zero attached hydrogens (tertiary/aromatic N) is 1. The molecule has 2 rings (SSSR count). The first-order valence-corrected chi connectivity index (χ1v) is 2.95. The van der Waals surface area contributed by atoms with Crippen LogP contribution in [0.25, 0.3) is 0 Å². The Morgan fingerprint density at radius 2 is 2.75 bits per heavy atom. The van der Waals surface area contributed by atoms with E-state index in [0.29, 0.717) is 5.92 Å². The van der Waals surface area contributed by atoms with Gasteiger partial charge in [-0.15, -0.1) is 0 Å². The van der Waals surface area contributed by atoms with Crippen molar-refractivity contribution in [2.24, 2.45) is 16.8 Å². The van der Waals surface area contributed by atoms with Crippen molar-refractivity contribution in [3.63, 3.8) is 0 Å². The average Bonchev–Trinajstić information content (AvgIpc) is 2.15. The zero-order valence-electron chi connectivity index (χ0n) is 4.59. The van der Waals surface area contributed by atoms with Gasteiger partial charge in [0.05, 0.1) is 6.54 Å². The molecule has 1 fully saturated rings. The predicted octanol–water partition coefficient (Wildman–Crippen LogP) is -0.0548. The van der Waals surface area contributed by atoms with Crippen LogP contribution in [0.3, 0.4) is 0 Å². The van der Waals surface area contributed by atoms with E-state index in [-0.39, 0.29) is 0 Å². The first kappa shape index (κ1) is 4.50. The van der Waals surface area contributed by atoms with E-state index >= 15 is 0 Å². The molecule has 0 spiro atoms. The maximum Gasteiger partial charge on any atom is 0.0682 e. The average molecular weight is 108 g/mol. The molecule has 2 aliphatic rings. The predicted molar refractivity (Wildman–Crippen MR) is 31.6 cm³/mol. The first-order chi connectivity index (χ1) is 3.97. The summed E-state index contributed by atoms with van der Waals surface area (Å²) < 4.78 is 0. The highest BCUT2D eigenvalue weighted by Gasteiger charge is 2.29. The Labute approximate surface area is 49.0 Å². The van der Waals surface area contributed by atoms with Crippen LogP contribution in [-0.4, -0.2) is 19.3 Å². The molecule has 0 bridgehead atoms. The van der Waals surface area contributed by atoms with Crippen LogP contribution in [0.4, 0.5) is 0 Å². The lowest BCUT2D eigenvalue weighted by atomic mass is 10.0. The van der Waals surface area contributed by atoms with Crippen LogP contribution in [0.15, 0.2) is 4.99 Å². The first-order valence-electron chi connectivity index (χ1n) is 2.95. The van der Waals surface area contributed by atoms with E-state index in [9.17, 15) is 0 Å². The van der Waals surface area contributed by atoms with Crippen molar-refractivity contribution in [2.45, 2.75) is 0 Å². The van der Waals surface area contributed by atoms with Crippen LogP contribution in [0, 0.1) is 18.4 Å². The molecule has 42 valence electrons. The van der Waals surface area contributed by atoms with Crippen molar-refractivity contribution in [3.05, 3.63) is 6.54 Å². The third-order valence-corrected chi connectivity index (χ3v) is 1.75. The van der Waals surface area contributed by atoms with E-state index in [4.69, 9.17) is 0 Å². The lowest BCUT2D eigenvalue weighted by Gasteiger charge is -1.99. The van der Waals surface area contributed by atoms with E-state index in [0.717, 1.165) is 19.0 Å².